The van der Waals surface area contributed by atoms with Crippen LogP contribution < -0.4 is 20.7 Å². The molecule has 2 aromatic carbocycles. The van der Waals surface area contributed by atoms with Gasteiger partial charge in [-0.1, -0.05) is 35.3 Å². The monoisotopic (exact) mass is 541 g/mol. The Bertz CT molecular complexity index is 1340. The summed E-state index contributed by atoms with van der Waals surface area (Å²) in [5, 5.41) is 12.1. The van der Waals surface area contributed by atoms with E-state index in [-0.39, 0.29) is 12.3 Å². The summed E-state index contributed by atoms with van der Waals surface area (Å²) in [6.07, 6.45) is 2.73. The minimum Gasteiger partial charge on any atom is -0.493 e. The van der Waals surface area contributed by atoms with Gasteiger partial charge in [0, 0.05) is 15.6 Å². The van der Waals surface area contributed by atoms with Crippen molar-refractivity contribution >= 4 is 57.0 Å². The quantitative estimate of drug-likeness (QED) is 0.326. The third kappa shape index (κ3) is 5.39. The molecule has 166 valence electrons. The second-order valence-corrected chi connectivity index (χ2v) is 8.02. The molecular formula is C20H14BrCl2N3O6. The summed E-state index contributed by atoms with van der Waals surface area (Å²) in [6.45, 7) is 0.153. The van der Waals surface area contributed by atoms with Crippen LogP contribution in [-0.4, -0.2) is 22.0 Å². The average molecular weight is 543 g/mol. The molecule has 0 aliphatic carbocycles. The van der Waals surface area contributed by atoms with Crippen LogP contribution in [0.25, 0.3) is 12.2 Å². The molecule has 1 aromatic heterocycles. The average Bonchev–Trinajstić information content (AvgIpc) is 2.71. The van der Waals surface area contributed by atoms with Crippen molar-refractivity contribution in [1.82, 2.24) is 9.97 Å². The topological polar surface area (TPSA) is 127 Å². The zero-order valence-electron chi connectivity index (χ0n) is 16.3. The van der Waals surface area contributed by atoms with Crippen LogP contribution in [0.15, 0.2) is 44.4 Å². The number of hydrogen-bond acceptors (Lipinski definition) is 6. The van der Waals surface area contributed by atoms with Gasteiger partial charge in [-0.05, 0) is 51.8 Å². The van der Waals surface area contributed by atoms with Gasteiger partial charge in [0.15, 0.2) is 11.5 Å². The lowest BCUT2D eigenvalue weighted by Crippen LogP contribution is -2.25. The number of methoxy groups -OCH3 is 1. The fourth-order valence-corrected chi connectivity index (χ4v) is 3.78. The Hall–Kier alpha value is -3.08. The summed E-state index contributed by atoms with van der Waals surface area (Å²) in [5.74, 6) is 0.782. The zero-order valence-corrected chi connectivity index (χ0v) is 19.4. The molecule has 0 bridgehead atoms. The van der Waals surface area contributed by atoms with Crippen molar-refractivity contribution in [3.63, 3.8) is 0 Å². The largest absolute Gasteiger partial charge is 0.493 e. The van der Waals surface area contributed by atoms with E-state index in [0.717, 1.165) is 5.56 Å². The Morgan fingerprint density at radius 3 is 2.56 bits per heavy atom. The maximum atomic E-state index is 11.7. The second-order valence-electron chi connectivity index (χ2n) is 6.32. The summed E-state index contributed by atoms with van der Waals surface area (Å²) >= 11 is 15.5. The summed E-state index contributed by atoms with van der Waals surface area (Å²) in [4.78, 5) is 37.6. The smallest absolute Gasteiger partial charge is 0.357 e. The van der Waals surface area contributed by atoms with Crippen molar-refractivity contribution < 1.29 is 14.4 Å². The number of aromatic nitrogens is 2. The SMILES string of the molecule is COc1cc(/C=C\c2[nH]c(=O)[nH]c(=O)c2[N+](=O)[O-])cc(Br)c1OCc1ccc(Cl)cc1Cl. The van der Waals surface area contributed by atoms with Crippen LogP contribution in [0.2, 0.25) is 10.0 Å². The van der Waals surface area contributed by atoms with Crippen molar-refractivity contribution in [3.05, 3.63) is 92.6 Å². The fraction of sp³-hybridized carbons (Fsp3) is 0.100. The number of benzene rings is 2. The van der Waals surface area contributed by atoms with E-state index in [4.69, 9.17) is 32.7 Å². The summed E-state index contributed by atoms with van der Waals surface area (Å²) < 4.78 is 11.8. The Kier molecular flexibility index (Phi) is 7.39. The highest BCUT2D eigenvalue weighted by atomic mass is 79.9. The lowest BCUT2D eigenvalue weighted by Gasteiger charge is -2.14. The van der Waals surface area contributed by atoms with Crippen molar-refractivity contribution in [2.45, 2.75) is 6.61 Å². The Morgan fingerprint density at radius 2 is 1.91 bits per heavy atom. The highest BCUT2D eigenvalue weighted by Gasteiger charge is 2.19. The van der Waals surface area contributed by atoms with Crippen LogP contribution in [0, 0.1) is 10.1 Å². The summed E-state index contributed by atoms with van der Waals surface area (Å²) in [7, 11) is 1.45. The van der Waals surface area contributed by atoms with E-state index in [1.165, 1.54) is 19.3 Å². The molecule has 0 saturated carbocycles. The number of nitrogens with zero attached hydrogens (tertiary/aromatic N) is 1. The van der Waals surface area contributed by atoms with Crippen LogP contribution >= 0.6 is 39.1 Å². The van der Waals surface area contributed by atoms with Gasteiger partial charge in [-0.2, -0.15) is 0 Å². The third-order valence-corrected chi connectivity index (χ3v) is 5.39. The van der Waals surface area contributed by atoms with Crippen LogP contribution in [0.4, 0.5) is 5.69 Å². The van der Waals surface area contributed by atoms with Crippen molar-refractivity contribution in [2.75, 3.05) is 7.11 Å². The van der Waals surface area contributed by atoms with Gasteiger partial charge in [0.1, 0.15) is 12.3 Å². The Balaban J connectivity index is 1.91. The van der Waals surface area contributed by atoms with Gasteiger partial charge >= 0.3 is 16.9 Å². The van der Waals surface area contributed by atoms with Gasteiger partial charge in [-0.25, -0.2) is 4.79 Å². The maximum Gasteiger partial charge on any atom is 0.357 e. The summed E-state index contributed by atoms with van der Waals surface area (Å²) in [6, 6.07) is 8.36. The molecule has 0 fully saturated rings. The number of nitro groups is 1. The first kappa shape index (κ1) is 23.6. The maximum absolute atomic E-state index is 11.7. The van der Waals surface area contributed by atoms with E-state index in [2.05, 4.69) is 20.9 Å². The van der Waals surface area contributed by atoms with E-state index in [1.807, 2.05) is 4.98 Å². The molecule has 0 saturated heterocycles. The van der Waals surface area contributed by atoms with Gasteiger partial charge in [0.2, 0.25) is 0 Å². The molecular weight excluding hydrogens is 529 g/mol. The third-order valence-electron chi connectivity index (χ3n) is 4.21. The van der Waals surface area contributed by atoms with Crippen molar-refractivity contribution in [3.8, 4) is 11.5 Å². The standard InChI is InChI=1S/C20H14BrCl2N3O6/c1-31-16-7-10(2-5-15-17(26(29)30)19(27)25-20(28)24-15)6-13(21)18(16)32-9-11-3-4-12(22)8-14(11)23/h2-8H,9H2,1H3,(H2,24,25,27,28)/b5-2-. The second kappa shape index (κ2) is 10.0. The number of halogens is 3. The molecule has 12 heteroatoms. The van der Waals surface area contributed by atoms with Crippen LogP contribution in [0.3, 0.4) is 0 Å². The molecule has 2 N–H and O–H groups in total. The Morgan fingerprint density at radius 1 is 1.16 bits per heavy atom. The molecule has 0 radical (unpaired) electrons. The first-order valence-corrected chi connectivity index (χ1v) is 10.4. The fourth-order valence-electron chi connectivity index (χ4n) is 2.74. The Labute approximate surface area is 198 Å². The lowest BCUT2D eigenvalue weighted by molar-refractivity contribution is -0.386. The zero-order chi connectivity index (χ0) is 23.4. The first-order valence-electron chi connectivity index (χ1n) is 8.83. The molecule has 9 nitrogen and oxygen atoms in total. The molecule has 0 atom stereocenters. The van der Waals surface area contributed by atoms with Gasteiger partial charge in [-0.3, -0.25) is 19.9 Å². The van der Waals surface area contributed by atoms with E-state index in [1.54, 1.807) is 30.3 Å². The number of aromatic amines is 2. The normalized spacial score (nSPS) is 11.0. The molecule has 3 aromatic rings. The van der Waals surface area contributed by atoms with Crippen molar-refractivity contribution in [2.24, 2.45) is 0 Å². The van der Waals surface area contributed by atoms with Gasteiger partial charge in [0.05, 0.1) is 16.5 Å². The number of hydrogen-bond donors (Lipinski definition) is 2. The number of ether oxygens (including phenoxy) is 2. The van der Waals surface area contributed by atoms with Crippen LogP contribution in [0.5, 0.6) is 11.5 Å². The minimum atomic E-state index is -1.10. The molecule has 1 heterocycles. The molecule has 0 aliphatic rings. The molecule has 32 heavy (non-hydrogen) atoms. The van der Waals surface area contributed by atoms with Gasteiger partial charge < -0.3 is 14.5 Å². The summed E-state index contributed by atoms with van der Waals surface area (Å²) in [5.41, 5.74) is -1.69. The van der Waals surface area contributed by atoms with E-state index >= 15 is 0 Å². The lowest BCUT2D eigenvalue weighted by atomic mass is 10.1. The highest BCUT2D eigenvalue weighted by Crippen LogP contribution is 2.38. The van der Waals surface area contributed by atoms with Crippen LogP contribution in [0.1, 0.15) is 16.8 Å². The number of H-pyrrole nitrogens is 2. The van der Waals surface area contributed by atoms with E-state index in [9.17, 15) is 19.7 Å². The minimum absolute atomic E-state index is 0.153. The molecule has 0 spiro atoms. The highest BCUT2D eigenvalue weighted by molar-refractivity contribution is 9.10. The molecule has 0 aliphatic heterocycles. The predicted molar refractivity (Wildman–Crippen MR) is 125 cm³/mol. The number of rotatable bonds is 7. The van der Waals surface area contributed by atoms with Gasteiger partial charge in [0.25, 0.3) is 0 Å². The van der Waals surface area contributed by atoms with Crippen LogP contribution in [-0.2, 0) is 6.61 Å². The van der Waals surface area contributed by atoms with Gasteiger partial charge in [-0.15, -0.1) is 0 Å². The van der Waals surface area contributed by atoms with E-state index in [0.29, 0.717) is 31.6 Å². The number of nitrogens with one attached hydrogen (secondary N) is 2. The molecule has 0 amide bonds. The van der Waals surface area contributed by atoms with E-state index < -0.39 is 21.9 Å². The van der Waals surface area contributed by atoms with Crippen molar-refractivity contribution in [1.29, 1.82) is 0 Å². The molecule has 3 rings (SSSR count). The predicted octanol–water partition coefficient (Wildman–Crippen LogP) is 4.80. The molecule has 0 unspecified atom stereocenters. The first-order chi connectivity index (χ1) is 15.2.